The number of nitrogens with two attached hydrogens (primary N) is 1. The number of aryl methyl sites for hydroxylation is 3. The molecule has 0 saturated heterocycles. The summed E-state index contributed by atoms with van der Waals surface area (Å²) in [4.78, 5) is 16.9. The molecule has 6 heteroatoms. The van der Waals surface area contributed by atoms with E-state index in [0.29, 0.717) is 35.6 Å². The first-order valence-electron chi connectivity index (χ1n) is 14.1. The number of carbonyl (C=O) groups is 1. The fraction of sp³-hybridized carbons (Fsp3) is 0.314. The average molecular weight is 566 g/mol. The molecule has 1 aliphatic carbocycles. The number of allylic oxidation sites excluding steroid dienone is 3. The number of ketones is 1. The van der Waals surface area contributed by atoms with Crippen molar-refractivity contribution < 1.29 is 9.18 Å². The van der Waals surface area contributed by atoms with Crippen LogP contribution in [0.4, 0.5) is 10.1 Å². The minimum Gasteiger partial charge on any atom is -0.384 e. The van der Waals surface area contributed by atoms with Crippen molar-refractivity contribution in [3.05, 3.63) is 117 Å². The van der Waals surface area contributed by atoms with Crippen LogP contribution < -0.4 is 10.6 Å². The van der Waals surface area contributed by atoms with Gasteiger partial charge in [-0.3, -0.25) is 9.69 Å². The van der Waals surface area contributed by atoms with Gasteiger partial charge in [-0.05, 0) is 96.3 Å². The Bertz CT molecular complexity index is 1610. The van der Waals surface area contributed by atoms with E-state index in [1.807, 2.05) is 24.0 Å². The fourth-order valence-corrected chi connectivity index (χ4v) is 7.03. The lowest BCUT2D eigenvalue weighted by atomic mass is 9.68. The number of carbonyl (C=O) groups excluding carboxylic acids is 1. The van der Waals surface area contributed by atoms with E-state index in [1.165, 1.54) is 17.7 Å². The van der Waals surface area contributed by atoms with Crippen LogP contribution in [-0.4, -0.2) is 5.78 Å². The molecule has 0 radical (unpaired) electrons. The predicted octanol–water partition coefficient (Wildman–Crippen LogP) is 8.24. The fourth-order valence-electron chi connectivity index (χ4n) is 6.07. The van der Waals surface area contributed by atoms with Gasteiger partial charge in [0.15, 0.2) is 5.78 Å². The lowest BCUT2D eigenvalue weighted by Gasteiger charge is -2.44. The molecule has 3 aromatic carbocycles. The molecule has 2 aliphatic rings. The molecule has 1 atom stereocenters. The van der Waals surface area contributed by atoms with Gasteiger partial charge in [-0.2, -0.15) is 5.26 Å². The van der Waals surface area contributed by atoms with E-state index in [9.17, 15) is 14.4 Å². The van der Waals surface area contributed by atoms with Crippen LogP contribution in [0.5, 0.6) is 0 Å². The minimum absolute atomic E-state index is 0.0684. The zero-order chi connectivity index (χ0) is 29.5. The Morgan fingerprint density at radius 3 is 2.37 bits per heavy atom. The van der Waals surface area contributed by atoms with Gasteiger partial charge in [0.2, 0.25) is 0 Å². The molecular weight excluding hydrogens is 529 g/mol. The molecule has 4 nitrogen and oxygen atoms in total. The number of benzene rings is 3. The third-order valence-corrected chi connectivity index (χ3v) is 9.29. The second kappa shape index (κ2) is 11.2. The monoisotopic (exact) mass is 565 g/mol. The van der Waals surface area contributed by atoms with Gasteiger partial charge in [-0.15, -0.1) is 11.8 Å². The Labute approximate surface area is 246 Å². The van der Waals surface area contributed by atoms with Gasteiger partial charge in [0.25, 0.3) is 0 Å². The van der Waals surface area contributed by atoms with Crippen molar-refractivity contribution in [3.8, 4) is 6.07 Å². The molecule has 0 amide bonds. The number of halogens is 1. The smallest absolute Gasteiger partial charge is 0.162 e. The Morgan fingerprint density at radius 1 is 1.05 bits per heavy atom. The number of nitrogens with zero attached hydrogens (tertiary/aromatic N) is 2. The van der Waals surface area contributed by atoms with Crippen molar-refractivity contribution in [2.75, 3.05) is 4.90 Å². The van der Waals surface area contributed by atoms with Gasteiger partial charge >= 0.3 is 0 Å². The quantitative estimate of drug-likeness (QED) is 0.305. The first-order chi connectivity index (χ1) is 19.5. The Kier molecular flexibility index (Phi) is 7.85. The predicted molar refractivity (Wildman–Crippen MR) is 165 cm³/mol. The Morgan fingerprint density at radius 2 is 1.73 bits per heavy atom. The number of thioether (sulfide) groups is 1. The molecule has 41 heavy (non-hydrogen) atoms. The molecule has 1 unspecified atom stereocenters. The van der Waals surface area contributed by atoms with Gasteiger partial charge in [0.05, 0.1) is 17.6 Å². The molecule has 5 rings (SSSR count). The van der Waals surface area contributed by atoms with Crippen molar-refractivity contribution in [1.82, 2.24) is 0 Å². The molecule has 0 aromatic heterocycles. The summed E-state index contributed by atoms with van der Waals surface area (Å²) in [6, 6.07) is 21.4. The standard InChI is InChI=1S/C35H36FN3OS/c1-6-23-7-11-26(12-8-23)39-30-17-35(4,5)18-31(40)33(30)32(29(19-37)34(39)38)28-16-24(21(2)15-22(28)3)20-41-27-13-9-25(36)10-14-27/h7-16,32H,6,17-18,20,38H2,1-5H3. The summed E-state index contributed by atoms with van der Waals surface area (Å²) < 4.78 is 13.4. The number of anilines is 1. The van der Waals surface area contributed by atoms with Crippen LogP contribution in [-0.2, 0) is 17.0 Å². The third kappa shape index (κ3) is 5.56. The van der Waals surface area contributed by atoms with Crippen molar-refractivity contribution in [1.29, 1.82) is 5.26 Å². The number of nitriles is 1. The van der Waals surface area contributed by atoms with Gasteiger partial charge in [0.1, 0.15) is 11.6 Å². The summed E-state index contributed by atoms with van der Waals surface area (Å²) in [5.41, 5.74) is 14.9. The van der Waals surface area contributed by atoms with Gasteiger partial charge in [-0.25, -0.2) is 4.39 Å². The highest BCUT2D eigenvalue weighted by atomic mass is 32.2. The summed E-state index contributed by atoms with van der Waals surface area (Å²) in [6.07, 6.45) is 2.02. The lowest BCUT2D eigenvalue weighted by Crippen LogP contribution is -2.42. The highest BCUT2D eigenvalue weighted by molar-refractivity contribution is 7.98. The Hall–Kier alpha value is -3.82. The van der Waals surface area contributed by atoms with Gasteiger partial charge in [-0.1, -0.05) is 45.0 Å². The normalized spacial score (nSPS) is 18.4. The van der Waals surface area contributed by atoms with E-state index in [-0.39, 0.29) is 17.0 Å². The molecule has 2 N–H and O–H groups in total. The lowest BCUT2D eigenvalue weighted by molar-refractivity contribution is -0.118. The van der Waals surface area contributed by atoms with Crippen LogP contribution in [0.2, 0.25) is 0 Å². The number of hydrogen-bond donors (Lipinski definition) is 1. The van der Waals surface area contributed by atoms with Crippen LogP contribution >= 0.6 is 11.8 Å². The maximum Gasteiger partial charge on any atom is 0.162 e. The van der Waals surface area contributed by atoms with Crippen molar-refractivity contribution in [2.45, 2.75) is 70.4 Å². The zero-order valence-electron chi connectivity index (χ0n) is 24.3. The Balaban J connectivity index is 1.64. The summed E-state index contributed by atoms with van der Waals surface area (Å²) in [6.45, 7) is 10.5. The van der Waals surface area contributed by atoms with E-state index >= 15 is 0 Å². The molecule has 1 heterocycles. The van der Waals surface area contributed by atoms with Crippen LogP contribution in [0, 0.1) is 36.4 Å². The average Bonchev–Trinajstić information content (AvgIpc) is 2.92. The molecule has 0 saturated carbocycles. The largest absolute Gasteiger partial charge is 0.384 e. The van der Waals surface area contributed by atoms with Crippen molar-refractivity contribution >= 4 is 23.2 Å². The highest BCUT2D eigenvalue weighted by Crippen LogP contribution is 2.51. The molecule has 0 spiro atoms. The minimum atomic E-state index is -0.528. The topological polar surface area (TPSA) is 70.1 Å². The maximum absolute atomic E-state index is 14.0. The number of hydrogen-bond acceptors (Lipinski definition) is 5. The molecule has 0 bridgehead atoms. The summed E-state index contributed by atoms with van der Waals surface area (Å²) in [7, 11) is 0. The van der Waals surface area contributed by atoms with Crippen molar-refractivity contribution in [3.63, 3.8) is 0 Å². The number of rotatable bonds is 6. The molecule has 1 aliphatic heterocycles. The van der Waals surface area contributed by atoms with E-state index in [2.05, 4.69) is 58.0 Å². The van der Waals surface area contributed by atoms with Gasteiger partial charge < -0.3 is 5.73 Å². The van der Waals surface area contributed by atoms with E-state index in [0.717, 1.165) is 45.0 Å². The number of Topliss-reactive ketones (excluding diaryl/α,β-unsaturated/α-hetero) is 1. The van der Waals surface area contributed by atoms with Crippen LogP contribution in [0.1, 0.15) is 67.3 Å². The van der Waals surface area contributed by atoms with E-state index in [4.69, 9.17) is 5.73 Å². The maximum atomic E-state index is 14.0. The summed E-state index contributed by atoms with van der Waals surface area (Å²) >= 11 is 1.63. The van der Waals surface area contributed by atoms with Crippen LogP contribution in [0.15, 0.2) is 88.2 Å². The van der Waals surface area contributed by atoms with Crippen LogP contribution in [0.25, 0.3) is 0 Å². The second-order valence-electron chi connectivity index (χ2n) is 11.9. The summed E-state index contributed by atoms with van der Waals surface area (Å²) in [5, 5.41) is 10.5. The van der Waals surface area contributed by atoms with E-state index in [1.54, 1.807) is 23.9 Å². The zero-order valence-corrected chi connectivity index (χ0v) is 25.2. The van der Waals surface area contributed by atoms with E-state index < -0.39 is 5.92 Å². The third-order valence-electron chi connectivity index (χ3n) is 8.23. The molecular formula is C35H36FN3OS. The SMILES string of the molecule is CCc1ccc(N2C(N)=C(C#N)C(c3cc(CSc4ccc(F)cc4)c(C)cc3C)C3=C2CC(C)(C)CC3=O)cc1. The second-order valence-corrected chi connectivity index (χ2v) is 12.9. The van der Waals surface area contributed by atoms with Crippen molar-refractivity contribution in [2.24, 2.45) is 11.1 Å². The molecule has 0 fully saturated rings. The summed E-state index contributed by atoms with van der Waals surface area (Å²) in [5.74, 6) is 0.349. The molecule has 3 aromatic rings. The first-order valence-corrected chi connectivity index (χ1v) is 15.0. The highest BCUT2D eigenvalue weighted by Gasteiger charge is 2.45. The molecule has 210 valence electrons. The first kappa shape index (κ1) is 28.7. The van der Waals surface area contributed by atoms with Crippen LogP contribution in [0.3, 0.4) is 0 Å². The van der Waals surface area contributed by atoms with Gasteiger partial charge in [0, 0.05) is 34.0 Å².